The second-order valence-electron chi connectivity index (χ2n) is 9.67. The zero-order chi connectivity index (χ0) is 21.3. The summed E-state index contributed by atoms with van der Waals surface area (Å²) in [6, 6.07) is 4.17. The van der Waals surface area contributed by atoms with E-state index < -0.39 is 11.4 Å². The fourth-order valence-corrected chi connectivity index (χ4v) is 5.07. The third kappa shape index (κ3) is 4.09. The van der Waals surface area contributed by atoms with Crippen molar-refractivity contribution in [2.45, 2.75) is 78.3 Å². The third-order valence-corrected chi connectivity index (χ3v) is 7.05. The second kappa shape index (κ2) is 8.40. The molecule has 30 heavy (non-hydrogen) atoms. The summed E-state index contributed by atoms with van der Waals surface area (Å²) in [6.07, 6.45) is 9.45. The number of hydrogen-bond donors (Lipinski definition) is 1. The van der Waals surface area contributed by atoms with Gasteiger partial charge in [-0.05, 0) is 69.6 Å². The summed E-state index contributed by atoms with van der Waals surface area (Å²) in [7, 11) is 0. The van der Waals surface area contributed by atoms with Gasteiger partial charge in [-0.2, -0.15) is 0 Å². The van der Waals surface area contributed by atoms with Gasteiger partial charge >= 0.3 is 5.97 Å². The number of carboxylic acids is 1. The van der Waals surface area contributed by atoms with Gasteiger partial charge in [0.1, 0.15) is 5.65 Å². The number of carbonyl (C=O) groups is 2. The summed E-state index contributed by atoms with van der Waals surface area (Å²) < 4.78 is 2.38. The van der Waals surface area contributed by atoms with E-state index in [0.717, 1.165) is 25.2 Å². The lowest BCUT2D eigenvalue weighted by atomic mass is 9.87. The molecule has 0 bridgehead atoms. The van der Waals surface area contributed by atoms with Crippen molar-refractivity contribution in [2.24, 2.45) is 11.3 Å². The van der Waals surface area contributed by atoms with Crippen molar-refractivity contribution in [1.29, 1.82) is 0 Å². The summed E-state index contributed by atoms with van der Waals surface area (Å²) in [5.74, 6) is 0.0324. The second-order valence-corrected chi connectivity index (χ2v) is 9.67. The Balaban J connectivity index is 1.49. The number of hydrogen-bond acceptors (Lipinski definition) is 3. The Morgan fingerprint density at radius 2 is 2.03 bits per heavy atom. The molecule has 1 aliphatic carbocycles. The van der Waals surface area contributed by atoms with Crippen molar-refractivity contribution >= 4 is 22.9 Å². The molecule has 1 N–H and O–H groups in total. The maximum absolute atomic E-state index is 12.9. The number of carbonyl (C=O) groups excluding carboxylic acids is 1. The zero-order valence-corrected chi connectivity index (χ0v) is 18.2. The number of rotatable bonds is 7. The Morgan fingerprint density at radius 3 is 2.77 bits per heavy atom. The van der Waals surface area contributed by atoms with Gasteiger partial charge in [0, 0.05) is 36.8 Å². The molecule has 6 heteroatoms. The molecule has 162 valence electrons. The molecule has 2 aromatic rings. The smallest absolute Gasteiger partial charge is 0.309 e. The minimum atomic E-state index is -0.804. The topological polar surface area (TPSA) is 75.4 Å². The predicted molar refractivity (Wildman–Crippen MR) is 116 cm³/mol. The molecule has 1 amide bonds. The van der Waals surface area contributed by atoms with E-state index in [0.29, 0.717) is 31.7 Å². The zero-order valence-electron chi connectivity index (χ0n) is 18.2. The maximum atomic E-state index is 12.9. The lowest BCUT2D eigenvalue weighted by Gasteiger charge is -2.29. The van der Waals surface area contributed by atoms with Crippen LogP contribution in [-0.4, -0.2) is 38.0 Å². The Labute approximate surface area is 178 Å². The average molecular weight is 412 g/mol. The van der Waals surface area contributed by atoms with Crippen molar-refractivity contribution in [3.63, 3.8) is 0 Å². The molecule has 0 aromatic carbocycles. The van der Waals surface area contributed by atoms with Crippen molar-refractivity contribution in [1.82, 2.24) is 14.5 Å². The summed E-state index contributed by atoms with van der Waals surface area (Å²) in [5.41, 5.74) is 2.88. The van der Waals surface area contributed by atoms with Gasteiger partial charge in [0.05, 0.1) is 12.0 Å². The van der Waals surface area contributed by atoms with Crippen LogP contribution in [-0.2, 0) is 29.1 Å². The maximum Gasteiger partial charge on any atom is 0.309 e. The molecule has 6 nitrogen and oxygen atoms in total. The van der Waals surface area contributed by atoms with Crippen molar-refractivity contribution in [3.8, 4) is 0 Å². The van der Waals surface area contributed by atoms with E-state index in [9.17, 15) is 14.7 Å². The minimum absolute atomic E-state index is 0.132. The quantitative estimate of drug-likeness (QED) is 0.733. The lowest BCUT2D eigenvalue weighted by Crippen LogP contribution is -2.37. The highest BCUT2D eigenvalue weighted by atomic mass is 16.4. The fourth-order valence-electron chi connectivity index (χ4n) is 5.07. The number of carboxylic acid groups (broad SMARTS) is 1. The molecule has 1 aliphatic heterocycles. The molecule has 3 heterocycles. The van der Waals surface area contributed by atoms with Gasteiger partial charge in [0.15, 0.2) is 0 Å². The van der Waals surface area contributed by atoms with Crippen LogP contribution in [0.4, 0.5) is 0 Å². The molecule has 0 unspecified atom stereocenters. The molecule has 0 saturated heterocycles. The van der Waals surface area contributed by atoms with E-state index in [1.54, 1.807) is 13.8 Å². The summed E-state index contributed by atoms with van der Waals surface area (Å²) in [5, 5.41) is 10.5. The molecule has 2 aliphatic rings. The molecule has 0 radical (unpaired) electrons. The highest BCUT2D eigenvalue weighted by Crippen LogP contribution is 2.34. The molecule has 0 spiro atoms. The van der Waals surface area contributed by atoms with Gasteiger partial charge in [-0.15, -0.1) is 0 Å². The van der Waals surface area contributed by atoms with Crippen LogP contribution in [0.15, 0.2) is 18.3 Å². The Bertz CT molecular complexity index is 941. The van der Waals surface area contributed by atoms with Crippen LogP contribution >= 0.6 is 0 Å². The van der Waals surface area contributed by atoms with E-state index in [-0.39, 0.29) is 5.91 Å². The molecular formula is C24H33N3O3. The fraction of sp³-hybridized carbons (Fsp3) is 0.625. The third-order valence-electron chi connectivity index (χ3n) is 7.05. The van der Waals surface area contributed by atoms with E-state index in [1.807, 2.05) is 17.2 Å². The molecule has 1 fully saturated rings. The van der Waals surface area contributed by atoms with Gasteiger partial charge < -0.3 is 14.6 Å². The number of fused-ring (bicyclic) bond motifs is 3. The minimum Gasteiger partial charge on any atom is -0.481 e. The van der Waals surface area contributed by atoms with Crippen LogP contribution in [0.25, 0.3) is 11.0 Å². The SMILES string of the molecule is CC(C)(CCCC(=O)N1CCc2c(n(CC3CCCC3)c3ncccc23)C1)C(=O)O. The number of nitrogens with zero attached hydrogens (tertiary/aromatic N) is 3. The lowest BCUT2D eigenvalue weighted by molar-refractivity contribution is -0.147. The standard InChI is InChI=1S/C24H33N3O3/c1-24(2,23(29)30)12-5-10-21(28)26-14-11-18-19-9-6-13-25-22(19)27(20(18)16-26)15-17-7-3-4-8-17/h6,9,13,17H,3-5,7-8,10-12,14-16H2,1-2H3,(H,29,30). The van der Waals surface area contributed by atoms with Gasteiger partial charge in [-0.3, -0.25) is 9.59 Å². The Kier molecular flexibility index (Phi) is 5.85. The summed E-state index contributed by atoms with van der Waals surface area (Å²) in [6.45, 7) is 5.81. The van der Waals surface area contributed by atoms with E-state index >= 15 is 0 Å². The number of aromatic nitrogens is 2. The van der Waals surface area contributed by atoms with Crippen molar-refractivity contribution < 1.29 is 14.7 Å². The highest BCUT2D eigenvalue weighted by molar-refractivity contribution is 5.84. The van der Waals surface area contributed by atoms with Gasteiger partial charge in [0.2, 0.25) is 5.91 Å². The van der Waals surface area contributed by atoms with Crippen LogP contribution in [0.3, 0.4) is 0 Å². The molecule has 4 rings (SSSR count). The van der Waals surface area contributed by atoms with Gasteiger partial charge in [-0.1, -0.05) is 12.8 Å². The van der Waals surface area contributed by atoms with E-state index in [1.165, 1.54) is 42.3 Å². The van der Waals surface area contributed by atoms with Crippen molar-refractivity contribution in [3.05, 3.63) is 29.6 Å². The normalized spacial score (nSPS) is 17.5. The first-order chi connectivity index (χ1) is 14.4. The highest BCUT2D eigenvalue weighted by Gasteiger charge is 2.30. The number of aliphatic carboxylic acids is 1. The summed E-state index contributed by atoms with van der Waals surface area (Å²) in [4.78, 5) is 30.8. The van der Waals surface area contributed by atoms with Gasteiger partial charge in [0.25, 0.3) is 0 Å². The summed E-state index contributed by atoms with van der Waals surface area (Å²) >= 11 is 0. The van der Waals surface area contributed by atoms with Crippen LogP contribution in [0, 0.1) is 11.3 Å². The monoisotopic (exact) mass is 411 g/mol. The first-order valence-corrected chi connectivity index (χ1v) is 11.3. The molecular weight excluding hydrogens is 378 g/mol. The molecule has 2 aromatic heterocycles. The van der Waals surface area contributed by atoms with Crippen LogP contribution in [0.2, 0.25) is 0 Å². The van der Waals surface area contributed by atoms with Crippen LogP contribution < -0.4 is 0 Å². The van der Waals surface area contributed by atoms with Crippen LogP contribution in [0.1, 0.15) is 70.1 Å². The Morgan fingerprint density at radius 1 is 1.27 bits per heavy atom. The Hall–Kier alpha value is -2.37. The van der Waals surface area contributed by atoms with E-state index in [4.69, 9.17) is 4.98 Å². The predicted octanol–water partition coefficient (Wildman–Crippen LogP) is 4.39. The van der Waals surface area contributed by atoms with Crippen LogP contribution in [0.5, 0.6) is 0 Å². The average Bonchev–Trinajstić information content (AvgIpc) is 3.34. The largest absolute Gasteiger partial charge is 0.481 e. The molecule has 1 saturated carbocycles. The first kappa shape index (κ1) is 20.9. The first-order valence-electron chi connectivity index (χ1n) is 11.3. The van der Waals surface area contributed by atoms with Crippen molar-refractivity contribution in [2.75, 3.05) is 6.54 Å². The number of pyridine rings is 1. The number of amides is 1. The molecule has 0 atom stereocenters. The van der Waals surface area contributed by atoms with E-state index in [2.05, 4.69) is 10.6 Å². The van der Waals surface area contributed by atoms with Gasteiger partial charge in [-0.25, -0.2) is 4.98 Å².